The minimum atomic E-state index is -0.271. The van der Waals surface area contributed by atoms with Crippen LogP contribution in [0.4, 0.5) is 0 Å². The maximum atomic E-state index is 11.0. The fraction of sp³-hybridized carbons (Fsp3) is 0.625. The molecule has 0 unspecified atom stereocenters. The molecule has 5 rings (SSSR count). The number of hydrogen-bond acceptors (Lipinski definition) is 3. The number of rotatable bonds is 4. The van der Waals surface area contributed by atoms with Crippen molar-refractivity contribution in [1.29, 1.82) is 0 Å². The van der Waals surface area contributed by atoms with Crippen LogP contribution in [-0.2, 0) is 0 Å². The first-order valence-corrected chi connectivity index (χ1v) is 11.3. The Balaban J connectivity index is 1.29. The number of benzene rings is 1. The van der Waals surface area contributed by atoms with Gasteiger partial charge in [0.15, 0.2) is 0 Å². The molecule has 2 aromatic rings. The van der Waals surface area contributed by atoms with E-state index in [4.69, 9.17) is 0 Å². The zero-order valence-corrected chi connectivity index (χ0v) is 16.8. The highest BCUT2D eigenvalue weighted by Gasteiger charge is 2.43. The molecule has 2 saturated carbocycles. The van der Waals surface area contributed by atoms with E-state index in [-0.39, 0.29) is 12.1 Å². The molecule has 28 heavy (non-hydrogen) atoms. The Morgan fingerprint density at radius 2 is 1.71 bits per heavy atom. The van der Waals surface area contributed by atoms with Crippen LogP contribution >= 0.6 is 0 Å². The molecule has 4 atom stereocenters. The third-order valence-corrected chi connectivity index (χ3v) is 7.48. The zero-order chi connectivity index (χ0) is 18.9. The second-order valence-corrected chi connectivity index (χ2v) is 9.37. The van der Waals surface area contributed by atoms with Crippen LogP contribution in [0.1, 0.15) is 51.0 Å². The first-order valence-electron chi connectivity index (χ1n) is 11.3. The summed E-state index contributed by atoms with van der Waals surface area (Å²) in [6.45, 7) is 3.70. The van der Waals surface area contributed by atoms with Crippen molar-refractivity contribution in [2.24, 2.45) is 17.8 Å². The number of aromatic nitrogens is 2. The molecule has 0 amide bonds. The van der Waals surface area contributed by atoms with Crippen molar-refractivity contribution in [3.8, 4) is 11.4 Å². The fourth-order valence-electron chi connectivity index (χ4n) is 6.08. The molecular weight excluding hydrogens is 346 g/mol. The lowest BCUT2D eigenvalue weighted by Gasteiger charge is -2.36. The summed E-state index contributed by atoms with van der Waals surface area (Å²) in [4.78, 5) is 7.33. The van der Waals surface area contributed by atoms with Gasteiger partial charge in [-0.2, -0.15) is 0 Å². The highest BCUT2D eigenvalue weighted by molar-refractivity contribution is 5.55. The van der Waals surface area contributed by atoms with Crippen molar-refractivity contribution >= 4 is 0 Å². The van der Waals surface area contributed by atoms with Crippen molar-refractivity contribution in [3.05, 3.63) is 42.7 Å². The molecule has 4 nitrogen and oxygen atoms in total. The van der Waals surface area contributed by atoms with E-state index < -0.39 is 0 Å². The largest absolute Gasteiger partial charge is 0.391 e. The molecule has 0 bridgehead atoms. The van der Waals surface area contributed by atoms with Crippen LogP contribution in [0.15, 0.2) is 42.7 Å². The molecule has 2 aliphatic carbocycles. The first-order chi connectivity index (χ1) is 13.8. The van der Waals surface area contributed by atoms with Gasteiger partial charge in [-0.1, -0.05) is 49.6 Å². The SMILES string of the molecule is O[C@H]1C[C@@H]2CN(CC3CCCCC3)C[C@@H]2C[C@@H]1n1ccnc1-c1ccccc1. The molecule has 1 aromatic heterocycles. The highest BCUT2D eigenvalue weighted by atomic mass is 16.3. The molecule has 1 aromatic carbocycles. The Bertz CT molecular complexity index is 767. The minimum Gasteiger partial charge on any atom is -0.391 e. The van der Waals surface area contributed by atoms with E-state index in [0.29, 0.717) is 11.8 Å². The van der Waals surface area contributed by atoms with Crippen LogP contribution in [0.2, 0.25) is 0 Å². The van der Waals surface area contributed by atoms with Crippen molar-refractivity contribution in [3.63, 3.8) is 0 Å². The Hall–Kier alpha value is -1.65. The van der Waals surface area contributed by atoms with Crippen molar-refractivity contribution in [2.45, 2.75) is 57.1 Å². The van der Waals surface area contributed by atoms with E-state index in [9.17, 15) is 5.11 Å². The van der Waals surface area contributed by atoms with Crippen molar-refractivity contribution < 1.29 is 5.11 Å². The topological polar surface area (TPSA) is 41.3 Å². The Morgan fingerprint density at radius 1 is 0.964 bits per heavy atom. The van der Waals surface area contributed by atoms with E-state index in [1.807, 2.05) is 12.3 Å². The summed E-state index contributed by atoms with van der Waals surface area (Å²) in [7, 11) is 0. The number of aliphatic hydroxyl groups is 1. The van der Waals surface area contributed by atoms with E-state index >= 15 is 0 Å². The van der Waals surface area contributed by atoms with Gasteiger partial charge in [-0.3, -0.25) is 0 Å². The molecular formula is C24H33N3O. The highest BCUT2D eigenvalue weighted by Crippen LogP contribution is 2.43. The molecule has 0 radical (unpaired) electrons. The maximum absolute atomic E-state index is 11.0. The Kier molecular flexibility index (Phi) is 5.25. The van der Waals surface area contributed by atoms with Crippen LogP contribution < -0.4 is 0 Å². The Labute approximate surface area is 168 Å². The van der Waals surface area contributed by atoms with E-state index in [2.05, 4.69) is 44.9 Å². The summed E-state index contributed by atoms with van der Waals surface area (Å²) in [6.07, 6.45) is 12.8. The molecule has 4 heteroatoms. The van der Waals surface area contributed by atoms with Gasteiger partial charge in [-0.25, -0.2) is 4.98 Å². The fourth-order valence-corrected chi connectivity index (χ4v) is 6.08. The number of likely N-dealkylation sites (tertiary alicyclic amines) is 1. The summed E-state index contributed by atoms with van der Waals surface area (Å²) >= 11 is 0. The third kappa shape index (κ3) is 3.65. The standard InChI is InChI=1S/C24H33N3O/c28-23-14-21-17-26(15-18-7-3-1-4-8-18)16-20(21)13-22(23)27-12-11-25-24(27)19-9-5-2-6-10-19/h2,5-6,9-12,18,20-23,28H,1,3-4,7-8,13-17H2/t20-,21+,22-,23-/m0/s1. The molecule has 1 aliphatic heterocycles. The van der Waals surface area contributed by atoms with Gasteiger partial charge in [-0.15, -0.1) is 0 Å². The zero-order valence-electron chi connectivity index (χ0n) is 16.8. The van der Waals surface area contributed by atoms with Gasteiger partial charge < -0.3 is 14.6 Å². The molecule has 3 fully saturated rings. The quantitative estimate of drug-likeness (QED) is 0.857. The van der Waals surface area contributed by atoms with Gasteiger partial charge in [-0.05, 0) is 43.4 Å². The summed E-state index contributed by atoms with van der Waals surface area (Å²) in [5, 5.41) is 11.0. The van der Waals surface area contributed by atoms with Gasteiger partial charge in [0.2, 0.25) is 0 Å². The number of aliphatic hydroxyl groups excluding tert-OH is 1. The van der Waals surface area contributed by atoms with E-state index in [1.54, 1.807) is 0 Å². The van der Waals surface area contributed by atoms with Gasteiger partial charge in [0.1, 0.15) is 5.82 Å². The van der Waals surface area contributed by atoms with Crippen LogP contribution in [0, 0.1) is 17.8 Å². The monoisotopic (exact) mass is 379 g/mol. The van der Waals surface area contributed by atoms with Crippen molar-refractivity contribution in [1.82, 2.24) is 14.5 Å². The van der Waals surface area contributed by atoms with Gasteiger partial charge in [0.05, 0.1) is 12.1 Å². The smallest absolute Gasteiger partial charge is 0.140 e. The summed E-state index contributed by atoms with van der Waals surface area (Å²) in [5.74, 6) is 3.27. The normalized spacial score (nSPS) is 31.8. The third-order valence-electron chi connectivity index (χ3n) is 7.48. The van der Waals surface area contributed by atoms with Crippen LogP contribution in [-0.4, -0.2) is 45.3 Å². The molecule has 2 heterocycles. The lowest BCUT2D eigenvalue weighted by atomic mass is 9.77. The predicted octanol–water partition coefficient (Wildman–Crippen LogP) is 4.37. The lowest BCUT2D eigenvalue weighted by molar-refractivity contribution is 0.0365. The second kappa shape index (κ2) is 8.00. The average Bonchev–Trinajstić information content (AvgIpc) is 3.35. The molecule has 3 aliphatic rings. The van der Waals surface area contributed by atoms with Crippen molar-refractivity contribution in [2.75, 3.05) is 19.6 Å². The van der Waals surface area contributed by atoms with Crippen LogP contribution in [0.25, 0.3) is 11.4 Å². The molecule has 150 valence electrons. The Morgan fingerprint density at radius 3 is 2.50 bits per heavy atom. The molecule has 0 spiro atoms. The number of nitrogens with zero attached hydrogens (tertiary/aromatic N) is 3. The number of fused-ring (bicyclic) bond motifs is 1. The lowest BCUT2D eigenvalue weighted by Crippen LogP contribution is -2.36. The van der Waals surface area contributed by atoms with E-state index in [1.165, 1.54) is 51.7 Å². The molecule has 1 N–H and O–H groups in total. The summed E-state index contributed by atoms with van der Waals surface area (Å²) in [5.41, 5.74) is 1.13. The summed E-state index contributed by atoms with van der Waals surface area (Å²) < 4.78 is 2.24. The maximum Gasteiger partial charge on any atom is 0.140 e. The number of imidazole rings is 1. The van der Waals surface area contributed by atoms with Crippen LogP contribution in [0.5, 0.6) is 0 Å². The van der Waals surface area contributed by atoms with Crippen LogP contribution in [0.3, 0.4) is 0 Å². The second-order valence-electron chi connectivity index (χ2n) is 9.37. The van der Waals surface area contributed by atoms with Gasteiger partial charge in [0, 0.05) is 37.6 Å². The predicted molar refractivity (Wildman–Crippen MR) is 112 cm³/mol. The van der Waals surface area contributed by atoms with Gasteiger partial charge in [0.25, 0.3) is 0 Å². The minimum absolute atomic E-state index is 0.147. The summed E-state index contributed by atoms with van der Waals surface area (Å²) in [6, 6.07) is 10.5. The first kappa shape index (κ1) is 18.4. The molecule has 1 saturated heterocycles. The number of hydrogen-bond donors (Lipinski definition) is 1. The van der Waals surface area contributed by atoms with E-state index in [0.717, 1.165) is 30.1 Å². The van der Waals surface area contributed by atoms with Gasteiger partial charge >= 0.3 is 0 Å². The average molecular weight is 380 g/mol.